The lowest BCUT2D eigenvalue weighted by atomic mass is 10.1. The number of nitrogens with two attached hydrogens (primary N) is 1. The molecule has 0 aliphatic rings. The zero-order valence-corrected chi connectivity index (χ0v) is 18.5. The van der Waals surface area contributed by atoms with E-state index in [-0.39, 0.29) is 21.0 Å². The molecule has 0 aliphatic carbocycles. The average Bonchev–Trinajstić information content (AvgIpc) is 2.63. The molecule has 164 valence electrons. The Hall–Kier alpha value is -2.63. The fraction of sp³-hybridized carbons (Fsp3) is 0.316. The van der Waals surface area contributed by atoms with Gasteiger partial charge in [0.15, 0.2) is 0 Å². The molecule has 5 N–H and O–H groups in total. The smallest absolute Gasteiger partial charge is 0.335 e. The Labute approximate surface area is 176 Å². The van der Waals surface area contributed by atoms with Crippen LogP contribution in [0.25, 0.3) is 0 Å². The van der Waals surface area contributed by atoms with Crippen LogP contribution >= 0.6 is 0 Å². The Kier molecular flexibility index (Phi) is 7.11. The Balaban J connectivity index is 2.57. The highest BCUT2D eigenvalue weighted by Gasteiger charge is 2.23. The van der Waals surface area contributed by atoms with Gasteiger partial charge in [0.2, 0.25) is 10.0 Å². The minimum Gasteiger partial charge on any atom is -0.478 e. The van der Waals surface area contributed by atoms with Crippen molar-refractivity contribution in [3.8, 4) is 0 Å². The van der Waals surface area contributed by atoms with Crippen molar-refractivity contribution in [3.63, 3.8) is 0 Å². The number of carbonyl (C=O) groups is 1. The summed E-state index contributed by atoms with van der Waals surface area (Å²) in [6.45, 7) is 5.72. The minimum atomic E-state index is -4.23. The molecule has 30 heavy (non-hydrogen) atoms. The molecule has 0 radical (unpaired) electrons. The zero-order chi connectivity index (χ0) is 22.7. The highest BCUT2D eigenvalue weighted by molar-refractivity contribution is 7.92. The summed E-state index contributed by atoms with van der Waals surface area (Å²) in [4.78, 5) is 10.9. The van der Waals surface area contributed by atoms with Crippen molar-refractivity contribution in [1.82, 2.24) is 0 Å². The monoisotopic (exact) mass is 455 g/mol. The lowest BCUT2D eigenvalue weighted by molar-refractivity contribution is 0.0696. The summed E-state index contributed by atoms with van der Waals surface area (Å²) < 4.78 is 52.0. The second-order valence-corrected chi connectivity index (χ2v) is 10.1. The molecule has 0 amide bonds. The molecular formula is C19H25N3O6S2. The zero-order valence-electron chi connectivity index (χ0n) is 16.9. The van der Waals surface area contributed by atoms with E-state index in [0.717, 1.165) is 25.0 Å². The number of carboxylic acid groups (broad SMARTS) is 1. The van der Waals surface area contributed by atoms with Crippen LogP contribution in [0.15, 0.2) is 40.1 Å². The van der Waals surface area contributed by atoms with E-state index in [4.69, 9.17) is 5.14 Å². The first-order valence-electron chi connectivity index (χ1n) is 9.15. The maximum atomic E-state index is 13.1. The highest BCUT2D eigenvalue weighted by Crippen LogP contribution is 2.29. The van der Waals surface area contributed by atoms with Crippen molar-refractivity contribution in [3.05, 3.63) is 47.0 Å². The van der Waals surface area contributed by atoms with Crippen LogP contribution in [-0.4, -0.2) is 34.5 Å². The molecule has 0 aliphatic heterocycles. The van der Waals surface area contributed by atoms with E-state index < -0.39 is 26.0 Å². The van der Waals surface area contributed by atoms with Crippen molar-refractivity contribution in [1.29, 1.82) is 0 Å². The number of benzene rings is 2. The van der Waals surface area contributed by atoms with Gasteiger partial charge in [0.05, 0.1) is 26.7 Å². The summed E-state index contributed by atoms with van der Waals surface area (Å²) in [5.41, 5.74) is 1.09. The molecule has 11 heteroatoms. The first-order chi connectivity index (χ1) is 13.9. The number of nitrogens with one attached hydrogen (secondary N) is 2. The number of primary sulfonamides is 1. The number of hydrogen-bond acceptors (Lipinski definition) is 6. The predicted molar refractivity (Wildman–Crippen MR) is 115 cm³/mol. The summed E-state index contributed by atoms with van der Waals surface area (Å²) in [6.07, 6.45) is 1.73. The van der Waals surface area contributed by atoms with E-state index in [1.165, 1.54) is 18.2 Å². The molecule has 2 aromatic rings. The lowest BCUT2D eigenvalue weighted by Gasteiger charge is -2.17. The van der Waals surface area contributed by atoms with E-state index >= 15 is 0 Å². The predicted octanol–water partition coefficient (Wildman–Crippen LogP) is 2.66. The maximum Gasteiger partial charge on any atom is 0.335 e. The van der Waals surface area contributed by atoms with Gasteiger partial charge in [-0.25, -0.2) is 26.8 Å². The first-order valence-corrected chi connectivity index (χ1v) is 12.2. The van der Waals surface area contributed by atoms with Gasteiger partial charge >= 0.3 is 5.97 Å². The summed E-state index contributed by atoms with van der Waals surface area (Å²) in [5, 5.41) is 17.5. The molecule has 0 saturated heterocycles. The van der Waals surface area contributed by atoms with Crippen LogP contribution < -0.4 is 15.2 Å². The Morgan fingerprint density at radius 1 is 1.07 bits per heavy atom. The van der Waals surface area contributed by atoms with Gasteiger partial charge in [0.25, 0.3) is 10.0 Å². The van der Waals surface area contributed by atoms with Crippen LogP contribution in [0.4, 0.5) is 11.4 Å². The summed E-state index contributed by atoms with van der Waals surface area (Å²) in [7, 11) is -8.29. The molecule has 0 spiro atoms. The number of sulfonamides is 2. The Bertz CT molecular complexity index is 1170. The van der Waals surface area contributed by atoms with E-state index in [2.05, 4.69) is 10.0 Å². The third kappa shape index (κ3) is 5.49. The van der Waals surface area contributed by atoms with Gasteiger partial charge < -0.3 is 10.4 Å². The van der Waals surface area contributed by atoms with Crippen LogP contribution in [0.5, 0.6) is 0 Å². The van der Waals surface area contributed by atoms with Gasteiger partial charge in [-0.1, -0.05) is 13.3 Å². The van der Waals surface area contributed by atoms with E-state index in [9.17, 15) is 26.7 Å². The third-order valence-corrected chi connectivity index (χ3v) is 6.97. The standard InChI is InChI=1S/C19H25N3O6S2/c1-4-5-8-21-16-7-6-15(29(20,25)26)11-17(16)22-30(27,28)18-10-14(19(23)24)9-12(2)13(18)3/h6-7,9-11,21-22H,4-5,8H2,1-3H3,(H,23,24)(H2,20,25,26). The Morgan fingerprint density at radius 2 is 1.73 bits per heavy atom. The normalized spacial score (nSPS) is 11.9. The van der Waals surface area contributed by atoms with Crippen molar-refractivity contribution in [2.24, 2.45) is 5.14 Å². The van der Waals surface area contributed by atoms with Crippen molar-refractivity contribution in [2.75, 3.05) is 16.6 Å². The highest BCUT2D eigenvalue weighted by atomic mass is 32.2. The van der Waals surface area contributed by atoms with E-state index in [0.29, 0.717) is 23.4 Å². The van der Waals surface area contributed by atoms with Crippen molar-refractivity contribution >= 4 is 37.4 Å². The number of unbranched alkanes of at least 4 members (excludes halogenated alkanes) is 1. The molecule has 0 unspecified atom stereocenters. The van der Waals surface area contributed by atoms with E-state index in [1.54, 1.807) is 13.8 Å². The van der Waals surface area contributed by atoms with Gasteiger partial charge in [0, 0.05) is 6.54 Å². The van der Waals surface area contributed by atoms with Gasteiger partial charge in [-0.15, -0.1) is 0 Å². The minimum absolute atomic E-state index is 0.00425. The van der Waals surface area contributed by atoms with Crippen LogP contribution in [0.3, 0.4) is 0 Å². The molecule has 0 bridgehead atoms. The molecule has 0 heterocycles. The maximum absolute atomic E-state index is 13.1. The van der Waals surface area contributed by atoms with E-state index in [1.807, 2.05) is 6.92 Å². The van der Waals surface area contributed by atoms with Gasteiger partial charge in [0.1, 0.15) is 0 Å². The fourth-order valence-electron chi connectivity index (χ4n) is 2.77. The molecule has 0 aromatic heterocycles. The topological polar surface area (TPSA) is 156 Å². The number of hydrogen-bond donors (Lipinski definition) is 4. The van der Waals surface area contributed by atoms with Crippen LogP contribution in [0, 0.1) is 13.8 Å². The Morgan fingerprint density at radius 3 is 2.30 bits per heavy atom. The molecule has 9 nitrogen and oxygen atoms in total. The summed E-state index contributed by atoms with van der Waals surface area (Å²) >= 11 is 0. The molecule has 0 saturated carbocycles. The van der Waals surface area contributed by atoms with Crippen LogP contribution in [0.1, 0.15) is 41.3 Å². The molecule has 2 aromatic carbocycles. The van der Waals surface area contributed by atoms with Crippen LogP contribution in [0.2, 0.25) is 0 Å². The number of aromatic carboxylic acids is 1. The SMILES string of the molecule is CCCCNc1ccc(S(N)(=O)=O)cc1NS(=O)(=O)c1cc(C(=O)O)cc(C)c1C. The van der Waals surface area contributed by atoms with Gasteiger partial charge in [-0.05, 0) is 61.7 Å². The largest absolute Gasteiger partial charge is 0.478 e. The van der Waals surface area contributed by atoms with Crippen LogP contribution in [-0.2, 0) is 20.0 Å². The lowest BCUT2D eigenvalue weighted by Crippen LogP contribution is -2.18. The second kappa shape index (κ2) is 9.02. The van der Waals surface area contributed by atoms with Crippen molar-refractivity contribution in [2.45, 2.75) is 43.4 Å². The molecule has 2 rings (SSSR count). The number of carboxylic acids is 1. The third-order valence-electron chi connectivity index (χ3n) is 4.57. The van der Waals surface area contributed by atoms with Gasteiger partial charge in [-0.2, -0.15) is 0 Å². The molecular weight excluding hydrogens is 430 g/mol. The number of aryl methyl sites for hydroxylation is 1. The second-order valence-electron chi connectivity index (χ2n) is 6.86. The first kappa shape index (κ1) is 23.6. The summed E-state index contributed by atoms with van der Waals surface area (Å²) in [5.74, 6) is -1.26. The quantitative estimate of drug-likeness (QED) is 0.423. The van der Waals surface area contributed by atoms with Crippen molar-refractivity contribution < 1.29 is 26.7 Å². The fourth-order valence-corrected chi connectivity index (χ4v) is 4.72. The summed E-state index contributed by atoms with van der Waals surface area (Å²) in [6, 6.07) is 6.29. The number of anilines is 2. The molecule has 0 atom stereocenters. The average molecular weight is 456 g/mol. The molecule has 0 fully saturated rings. The van der Waals surface area contributed by atoms with Gasteiger partial charge in [-0.3, -0.25) is 4.72 Å². The number of rotatable bonds is 9.